The number of carboxylic acids is 1. The van der Waals surface area contributed by atoms with Gasteiger partial charge in [-0.3, -0.25) is 4.79 Å². The van der Waals surface area contributed by atoms with E-state index < -0.39 is 5.97 Å². The van der Waals surface area contributed by atoms with Crippen molar-refractivity contribution in [1.29, 1.82) is 0 Å². The fraction of sp³-hybridized carbons (Fsp3) is 0.667. The number of allylic oxidation sites excluding steroid dienone is 2. The van der Waals surface area contributed by atoms with Gasteiger partial charge in [-0.15, -0.1) is 0 Å². The molecule has 0 amide bonds. The summed E-state index contributed by atoms with van der Waals surface area (Å²) in [4.78, 5) is 10.7. The quantitative estimate of drug-likeness (QED) is 0.580. The first-order chi connectivity index (χ1) is 5.18. The zero-order valence-corrected chi connectivity index (χ0v) is 6.58. The predicted molar refractivity (Wildman–Crippen MR) is 41.1 cm³/mol. The zero-order chi connectivity index (χ0) is 8.01. The lowest BCUT2D eigenvalue weighted by Crippen LogP contribution is -2.20. The minimum Gasteiger partial charge on any atom is -0.481 e. The number of rotatable bonds is 1. The van der Waals surface area contributed by atoms with Crippen LogP contribution < -0.4 is 0 Å². The van der Waals surface area contributed by atoms with E-state index in [9.17, 15) is 4.79 Å². The van der Waals surface area contributed by atoms with Gasteiger partial charge in [0.05, 0.1) is 5.92 Å². The average Bonchev–Trinajstić information content (AvgIpc) is 2.43. The number of aliphatic carboxylic acids is 1. The highest BCUT2D eigenvalue weighted by Gasteiger charge is 2.42. The Kier molecular flexibility index (Phi) is 1.31. The van der Waals surface area contributed by atoms with E-state index in [-0.39, 0.29) is 5.92 Å². The molecule has 0 heterocycles. The van der Waals surface area contributed by atoms with Crippen molar-refractivity contribution in [3.05, 3.63) is 11.6 Å². The Hall–Kier alpha value is -0.790. The average molecular weight is 152 g/mol. The van der Waals surface area contributed by atoms with Gasteiger partial charge in [0.25, 0.3) is 0 Å². The molecule has 0 aromatic carbocycles. The van der Waals surface area contributed by atoms with E-state index in [1.165, 1.54) is 5.57 Å². The number of carbonyl (C=O) groups is 1. The third kappa shape index (κ3) is 0.889. The minimum atomic E-state index is -0.607. The molecule has 2 nitrogen and oxygen atoms in total. The van der Waals surface area contributed by atoms with Crippen LogP contribution in [0.25, 0.3) is 0 Å². The lowest BCUT2D eigenvalue weighted by Gasteiger charge is -2.16. The van der Waals surface area contributed by atoms with Crippen molar-refractivity contribution in [3.63, 3.8) is 0 Å². The Bertz CT molecular complexity index is 230. The summed E-state index contributed by atoms with van der Waals surface area (Å²) in [6, 6.07) is 0. The summed E-state index contributed by atoms with van der Waals surface area (Å²) >= 11 is 0. The van der Waals surface area contributed by atoms with Gasteiger partial charge in [-0.1, -0.05) is 11.6 Å². The highest BCUT2D eigenvalue weighted by atomic mass is 16.4. The molecule has 0 saturated heterocycles. The van der Waals surface area contributed by atoms with Crippen LogP contribution in [-0.2, 0) is 4.79 Å². The molecule has 60 valence electrons. The summed E-state index contributed by atoms with van der Waals surface area (Å²) in [5.74, 6) is 0.244. The molecule has 3 unspecified atom stereocenters. The van der Waals surface area contributed by atoms with Gasteiger partial charge in [0, 0.05) is 0 Å². The second kappa shape index (κ2) is 2.10. The van der Waals surface area contributed by atoms with Gasteiger partial charge in [0.15, 0.2) is 0 Å². The number of fused-ring (bicyclic) bond motifs is 2. The smallest absolute Gasteiger partial charge is 0.307 e. The van der Waals surface area contributed by atoms with Crippen LogP contribution in [0.15, 0.2) is 11.6 Å². The lowest BCUT2D eigenvalue weighted by atomic mass is 9.88. The van der Waals surface area contributed by atoms with Crippen molar-refractivity contribution in [2.75, 3.05) is 0 Å². The van der Waals surface area contributed by atoms with Crippen LogP contribution >= 0.6 is 0 Å². The molecule has 2 aliphatic rings. The van der Waals surface area contributed by atoms with Crippen LogP contribution in [0.2, 0.25) is 0 Å². The molecule has 1 fully saturated rings. The SMILES string of the molecule is CC1=CC2CC(C(=O)O)C1C2. The lowest BCUT2D eigenvalue weighted by molar-refractivity contribution is -0.142. The Morgan fingerprint density at radius 2 is 2.36 bits per heavy atom. The molecule has 2 bridgehead atoms. The maximum Gasteiger partial charge on any atom is 0.307 e. The number of hydrogen-bond donors (Lipinski definition) is 1. The molecule has 11 heavy (non-hydrogen) atoms. The second-order valence-electron chi connectivity index (χ2n) is 3.69. The fourth-order valence-electron chi connectivity index (χ4n) is 2.48. The Morgan fingerprint density at radius 1 is 1.64 bits per heavy atom. The molecule has 0 aromatic rings. The molecule has 1 saturated carbocycles. The van der Waals surface area contributed by atoms with Crippen LogP contribution in [0.3, 0.4) is 0 Å². The van der Waals surface area contributed by atoms with Crippen LogP contribution in [0, 0.1) is 17.8 Å². The number of carboxylic acid groups (broad SMARTS) is 1. The molecule has 0 aromatic heterocycles. The highest BCUT2D eigenvalue weighted by Crippen LogP contribution is 2.47. The van der Waals surface area contributed by atoms with Crippen molar-refractivity contribution in [1.82, 2.24) is 0 Å². The van der Waals surface area contributed by atoms with Gasteiger partial charge in [0.1, 0.15) is 0 Å². The number of hydrogen-bond acceptors (Lipinski definition) is 1. The largest absolute Gasteiger partial charge is 0.481 e. The van der Waals surface area contributed by atoms with E-state index in [2.05, 4.69) is 13.0 Å². The first-order valence-corrected chi connectivity index (χ1v) is 4.09. The van der Waals surface area contributed by atoms with Crippen molar-refractivity contribution < 1.29 is 9.90 Å². The standard InChI is InChI=1S/C9H12O2/c1-5-2-6-3-7(5)8(4-6)9(10)11/h2,6-8H,3-4H2,1H3,(H,10,11). The molecule has 2 aliphatic carbocycles. The van der Waals surface area contributed by atoms with Crippen LogP contribution in [0.5, 0.6) is 0 Å². The van der Waals surface area contributed by atoms with Gasteiger partial charge >= 0.3 is 5.97 Å². The van der Waals surface area contributed by atoms with E-state index in [1.54, 1.807) is 0 Å². The van der Waals surface area contributed by atoms with Gasteiger partial charge < -0.3 is 5.11 Å². The Labute approximate surface area is 65.9 Å². The van der Waals surface area contributed by atoms with E-state index in [0.29, 0.717) is 11.8 Å². The summed E-state index contributed by atoms with van der Waals surface area (Å²) < 4.78 is 0. The molecule has 2 heteroatoms. The second-order valence-corrected chi connectivity index (χ2v) is 3.69. The van der Waals surface area contributed by atoms with Crippen molar-refractivity contribution in [3.8, 4) is 0 Å². The fourth-order valence-corrected chi connectivity index (χ4v) is 2.48. The zero-order valence-electron chi connectivity index (χ0n) is 6.58. The summed E-state index contributed by atoms with van der Waals surface area (Å²) in [5, 5.41) is 8.83. The topological polar surface area (TPSA) is 37.3 Å². The monoisotopic (exact) mass is 152 g/mol. The summed E-state index contributed by atoms with van der Waals surface area (Å²) in [6.07, 6.45) is 4.20. The molecule has 0 spiro atoms. The van der Waals surface area contributed by atoms with E-state index in [4.69, 9.17) is 5.11 Å². The maximum atomic E-state index is 10.7. The van der Waals surface area contributed by atoms with E-state index in [0.717, 1.165) is 12.8 Å². The molecule has 2 rings (SSSR count). The maximum absolute atomic E-state index is 10.7. The van der Waals surface area contributed by atoms with Gasteiger partial charge in [-0.25, -0.2) is 0 Å². The summed E-state index contributed by atoms with van der Waals surface area (Å²) in [5.41, 5.74) is 1.30. The van der Waals surface area contributed by atoms with E-state index in [1.807, 2.05) is 0 Å². The van der Waals surface area contributed by atoms with Crippen LogP contribution in [-0.4, -0.2) is 11.1 Å². The molecular weight excluding hydrogens is 140 g/mol. The van der Waals surface area contributed by atoms with Crippen molar-refractivity contribution in [2.45, 2.75) is 19.8 Å². The highest BCUT2D eigenvalue weighted by molar-refractivity contribution is 5.72. The predicted octanol–water partition coefficient (Wildman–Crippen LogP) is 1.67. The summed E-state index contributed by atoms with van der Waals surface area (Å²) in [6.45, 7) is 2.06. The first-order valence-electron chi connectivity index (χ1n) is 4.09. The third-order valence-corrected chi connectivity index (χ3v) is 3.00. The van der Waals surface area contributed by atoms with Crippen molar-refractivity contribution >= 4 is 5.97 Å². The van der Waals surface area contributed by atoms with Gasteiger partial charge in [-0.05, 0) is 31.6 Å². The Morgan fingerprint density at radius 3 is 2.73 bits per heavy atom. The van der Waals surface area contributed by atoms with Crippen LogP contribution in [0.1, 0.15) is 19.8 Å². The molecule has 0 aliphatic heterocycles. The first kappa shape index (κ1) is 6.89. The molecular formula is C9H12O2. The molecule has 1 N–H and O–H groups in total. The van der Waals surface area contributed by atoms with E-state index >= 15 is 0 Å². The third-order valence-electron chi connectivity index (χ3n) is 3.00. The van der Waals surface area contributed by atoms with Gasteiger partial charge in [-0.2, -0.15) is 0 Å². The normalized spacial score (nSPS) is 40.8. The minimum absolute atomic E-state index is 0.0787. The van der Waals surface area contributed by atoms with Crippen molar-refractivity contribution in [2.24, 2.45) is 17.8 Å². The summed E-state index contributed by atoms with van der Waals surface area (Å²) in [7, 11) is 0. The molecule has 0 radical (unpaired) electrons. The molecule has 3 atom stereocenters. The van der Waals surface area contributed by atoms with Gasteiger partial charge in [0.2, 0.25) is 0 Å². The Balaban J connectivity index is 2.21. The van der Waals surface area contributed by atoms with Crippen LogP contribution in [0.4, 0.5) is 0 Å².